The van der Waals surface area contributed by atoms with Gasteiger partial charge in [0, 0.05) is 30.1 Å². The van der Waals surface area contributed by atoms with Gasteiger partial charge in [0.15, 0.2) is 0 Å². The Hall–Kier alpha value is -2.90. The van der Waals surface area contributed by atoms with E-state index in [1.54, 1.807) is 44.8 Å². The Morgan fingerprint density at radius 3 is 2.56 bits per heavy atom. The van der Waals surface area contributed by atoms with Crippen LogP contribution in [0.15, 0.2) is 42.5 Å². The number of amides is 2. The van der Waals surface area contributed by atoms with Gasteiger partial charge in [0.2, 0.25) is 0 Å². The van der Waals surface area contributed by atoms with Crippen molar-refractivity contribution in [3.63, 3.8) is 0 Å². The van der Waals surface area contributed by atoms with Gasteiger partial charge < -0.3 is 9.80 Å². The van der Waals surface area contributed by atoms with Crippen molar-refractivity contribution in [3.05, 3.63) is 86.4 Å². The van der Waals surface area contributed by atoms with Crippen LogP contribution in [-0.2, 0) is 19.5 Å². The summed E-state index contributed by atoms with van der Waals surface area (Å²) in [5.41, 5.74) is 3.47. The predicted octanol–water partition coefficient (Wildman–Crippen LogP) is 5.13. The van der Waals surface area contributed by atoms with Crippen molar-refractivity contribution in [1.82, 2.24) is 19.6 Å². The molecule has 5 rings (SSSR count). The molecule has 34 heavy (non-hydrogen) atoms. The fraction of sp³-hybridized carbons (Fsp3) is 0.320. The monoisotopic (exact) mass is 500 g/mol. The fourth-order valence-corrected chi connectivity index (χ4v) is 5.09. The lowest BCUT2D eigenvalue weighted by Crippen LogP contribution is -2.44. The van der Waals surface area contributed by atoms with Gasteiger partial charge in [-0.25, -0.2) is 4.39 Å². The highest BCUT2D eigenvalue weighted by atomic mass is 35.5. The highest BCUT2D eigenvalue weighted by Gasteiger charge is 2.38. The van der Waals surface area contributed by atoms with E-state index in [-0.39, 0.29) is 36.3 Å². The Bertz CT molecular complexity index is 1290. The van der Waals surface area contributed by atoms with E-state index in [4.69, 9.17) is 28.3 Å². The molecule has 3 aromatic rings. The first-order valence-corrected chi connectivity index (χ1v) is 11.9. The number of hydrogen-bond acceptors (Lipinski definition) is 3. The third-order valence-corrected chi connectivity index (χ3v) is 7.49. The number of aromatic nitrogens is 2. The summed E-state index contributed by atoms with van der Waals surface area (Å²) in [6.45, 7) is 5.27. The number of nitrogens with zero attached hydrogens (tertiary/aromatic N) is 4. The molecule has 6 nitrogen and oxygen atoms in total. The van der Waals surface area contributed by atoms with Gasteiger partial charge in [0.25, 0.3) is 11.8 Å². The molecule has 2 atom stereocenters. The molecule has 9 heteroatoms. The maximum atomic E-state index is 13.6. The van der Waals surface area contributed by atoms with Crippen LogP contribution in [0.2, 0.25) is 10.0 Å². The topological polar surface area (TPSA) is 58.4 Å². The van der Waals surface area contributed by atoms with Crippen molar-refractivity contribution in [3.8, 4) is 0 Å². The van der Waals surface area contributed by atoms with Crippen LogP contribution < -0.4 is 0 Å². The molecule has 2 aromatic carbocycles. The van der Waals surface area contributed by atoms with E-state index in [1.807, 2.05) is 13.8 Å². The lowest BCUT2D eigenvalue weighted by atomic mass is 9.97. The van der Waals surface area contributed by atoms with Gasteiger partial charge in [0.1, 0.15) is 11.5 Å². The first kappa shape index (κ1) is 22.9. The summed E-state index contributed by atoms with van der Waals surface area (Å²) in [4.78, 5) is 30.4. The molecule has 3 heterocycles. The predicted molar refractivity (Wildman–Crippen MR) is 128 cm³/mol. The summed E-state index contributed by atoms with van der Waals surface area (Å²) in [5, 5.41) is 5.41. The summed E-state index contributed by atoms with van der Waals surface area (Å²) in [7, 11) is 0. The van der Waals surface area contributed by atoms with E-state index < -0.39 is 0 Å². The summed E-state index contributed by atoms with van der Waals surface area (Å²) in [6.07, 6.45) is 0.559. The van der Waals surface area contributed by atoms with Crippen LogP contribution in [-0.4, -0.2) is 44.0 Å². The molecule has 0 N–H and O–H groups in total. The Kier molecular flexibility index (Phi) is 5.86. The number of fused-ring (bicyclic) bond motifs is 3. The molecule has 0 unspecified atom stereocenters. The van der Waals surface area contributed by atoms with Crippen molar-refractivity contribution in [1.29, 1.82) is 0 Å². The van der Waals surface area contributed by atoms with E-state index >= 15 is 0 Å². The van der Waals surface area contributed by atoms with Crippen LogP contribution in [0.4, 0.5) is 4.39 Å². The molecule has 2 aliphatic heterocycles. The molecule has 0 fully saturated rings. The van der Waals surface area contributed by atoms with Crippen LogP contribution in [0.25, 0.3) is 0 Å². The smallest absolute Gasteiger partial charge is 0.273 e. The van der Waals surface area contributed by atoms with Crippen molar-refractivity contribution in [2.45, 2.75) is 45.4 Å². The zero-order chi connectivity index (χ0) is 24.1. The van der Waals surface area contributed by atoms with Crippen LogP contribution in [0.1, 0.15) is 57.6 Å². The average Bonchev–Trinajstić information content (AvgIpc) is 3.18. The molecule has 176 valence electrons. The third kappa shape index (κ3) is 3.87. The molecule has 0 saturated heterocycles. The van der Waals surface area contributed by atoms with Crippen molar-refractivity contribution < 1.29 is 14.0 Å². The fourth-order valence-electron chi connectivity index (χ4n) is 4.79. The zero-order valence-corrected chi connectivity index (χ0v) is 20.3. The molecule has 0 radical (unpaired) electrons. The lowest BCUT2D eigenvalue weighted by molar-refractivity contribution is 0.0605. The van der Waals surface area contributed by atoms with E-state index in [0.29, 0.717) is 40.8 Å². The van der Waals surface area contributed by atoms with Gasteiger partial charge in [-0.05, 0) is 49.7 Å². The van der Waals surface area contributed by atoms with E-state index in [1.165, 1.54) is 12.1 Å². The summed E-state index contributed by atoms with van der Waals surface area (Å²) >= 11 is 12.1. The zero-order valence-electron chi connectivity index (χ0n) is 18.8. The Labute approximate surface area is 206 Å². The Morgan fingerprint density at radius 1 is 1.12 bits per heavy atom. The number of carbonyl (C=O) groups excluding carboxylic acids is 2. The molecule has 0 aliphatic carbocycles. The van der Waals surface area contributed by atoms with E-state index in [2.05, 4.69) is 0 Å². The van der Waals surface area contributed by atoms with Crippen molar-refractivity contribution >= 4 is 35.0 Å². The van der Waals surface area contributed by atoms with Crippen LogP contribution in [0.5, 0.6) is 0 Å². The minimum absolute atomic E-state index is 0.0873. The quantitative estimate of drug-likeness (QED) is 0.500. The number of benzene rings is 2. The maximum absolute atomic E-state index is 13.6. The van der Waals surface area contributed by atoms with Crippen molar-refractivity contribution in [2.24, 2.45) is 0 Å². The molecule has 2 amide bonds. The third-order valence-electron chi connectivity index (χ3n) is 6.75. The van der Waals surface area contributed by atoms with Crippen LogP contribution in [0, 0.1) is 5.82 Å². The van der Waals surface area contributed by atoms with Crippen molar-refractivity contribution in [2.75, 3.05) is 6.54 Å². The lowest BCUT2D eigenvalue weighted by Gasteiger charge is -2.35. The largest absolute Gasteiger partial charge is 0.331 e. The average molecular weight is 501 g/mol. The second-order valence-electron chi connectivity index (χ2n) is 8.84. The second kappa shape index (κ2) is 8.71. The van der Waals surface area contributed by atoms with Crippen LogP contribution in [0.3, 0.4) is 0 Å². The minimum Gasteiger partial charge on any atom is -0.331 e. The van der Waals surface area contributed by atoms with Gasteiger partial charge in [-0.15, -0.1) is 0 Å². The van der Waals surface area contributed by atoms with Gasteiger partial charge in [-0.1, -0.05) is 35.3 Å². The Balaban J connectivity index is 1.44. The number of halogens is 3. The summed E-state index contributed by atoms with van der Waals surface area (Å²) < 4.78 is 15.1. The normalized spacial score (nSPS) is 18.5. The molecule has 0 saturated carbocycles. The van der Waals surface area contributed by atoms with E-state index in [0.717, 1.165) is 16.8 Å². The standard InChI is InChI=1S/C25H23Cl2FN4O2/c1-14-11-22-19(13-31(14)24(33)17-5-8-20(26)21(27)12-17)23-25(34)30(9-10-32(23)29-22)15(2)16-3-6-18(28)7-4-16/h3-8,12,14-15H,9-11,13H2,1-2H3/t14-,15-/m1/s1. The molecular formula is C25H23Cl2FN4O2. The molecule has 2 aliphatic rings. The molecule has 0 spiro atoms. The van der Waals surface area contributed by atoms with Gasteiger partial charge >= 0.3 is 0 Å². The summed E-state index contributed by atoms with van der Waals surface area (Å²) in [5.74, 6) is -0.612. The Morgan fingerprint density at radius 2 is 1.85 bits per heavy atom. The number of rotatable bonds is 3. The minimum atomic E-state index is -0.311. The first-order chi connectivity index (χ1) is 16.2. The first-order valence-electron chi connectivity index (χ1n) is 11.2. The highest BCUT2D eigenvalue weighted by molar-refractivity contribution is 6.42. The molecular weight excluding hydrogens is 478 g/mol. The number of carbonyl (C=O) groups is 2. The second-order valence-corrected chi connectivity index (χ2v) is 9.65. The van der Waals surface area contributed by atoms with Crippen LogP contribution >= 0.6 is 23.2 Å². The molecule has 1 aromatic heterocycles. The van der Waals surface area contributed by atoms with E-state index in [9.17, 15) is 14.0 Å². The highest BCUT2D eigenvalue weighted by Crippen LogP contribution is 2.33. The summed E-state index contributed by atoms with van der Waals surface area (Å²) in [6, 6.07) is 10.7. The van der Waals surface area contributed by atoms with Gasteiger partial charge in [0.05, 0.1) is 34.9 Å². The SMILES string of the molecule is C[C@@H]1Cc2nn3c(c2CN1C(=O)c1ccc(Cl)c(Cl)c1)C(=O)N([C@H](C)c1ccc(F)cc1)CC3. The van der Waals surface area contributed by atoms with Gasteiger partial charge in [-0.3, -0.25) is 14.3 Å². The maximum Gasteiger partial charge on any atom is 0.273 e. The number of hydrogen-bond donors (Lipinski definition) is 0. The van der Waals surface area contributed by atoms with Gasteiger partial charge in [-0.2, -0.15) is 5.10 Å². The molecule has 0 bridgehead atoms.